The lowest BCUT2D eigenvalue weighted by Gasteiger charge is -2.24. The molecule has 0 fully saturated rings. The molecule has 1 nitrogen and oxygen atoms in total. The van der Waals surface area contributed by atoms with Gasteiger partial charge in [-0.2, -0.15) is 0 Å². The van der Waals surface area contributed by atoms with Crippen molar-refractivity contribution in [2.75, 3.05) is 5.73 Å². The first-order valence-electron chi connectivity index (χ1n) is 11.9. The average Bonchev–Trinajstić information content (AvgIpc) is 2.93. The van der Waals surface area contributed by atoms with E-state index in [0.29, 0.717) is 0 Å². The van der Waals surface area contributed by atoms with Crippen LogP contribution in [0.1, 0.15) is 11.1 Å². The third kappa shape index (κ3) is 5.71. The van der Waals surface area contributed by atoms with Crippen molar-refractivity contribution in [3.8, 4) is 0 Å². The van der Waals surface area contributed by atoms with Gasteiger partial charge in [-0.15, -0.1) is 0 Å². The molecule has 0 heterocycles. The standard InChI is InChI=1S/C32H29NP2/c33-32-23-13-14-26(24-34(27-15-5-1-6-16-27)28-17-7-2-8-18-28)31(32)25-35(29-19-9-3-10-20-29)30-21-11-4-12-22-30/h1-23H,24-25,33H2. The van der Waals surface area contributed by atoms with Crippen LogP contribution >= 0.6 is 15.8 Å². The molecule has 5 aromatic carbocycles. The minimum atomic E-state index is -0.566. The highest BCUT2D eigenvalue weighted by Crippen LogP contribution is 2.44. The summed E-state index contributed by atoms with van der Waals surface area (Å²) in [6.07, 6.45) is 1.93. The first-order valence-corrected chi connectivity index (χ1v) is 15.0. The predicted octanol–water partition coefficient (Wildman–Crippen LogP) is 6.53. The fraction of sp³-hybridized carbons (Fsp3) is 0.0625. The van der Waals surface area contributed by atoms with Gasteiger partial charge < -0.3 is 5.73 Å². The SMILES string of the molecule is Nc1cccc(CP(c2ccccc2)c2ccccc2)c1CP(c1ccccc1)c1ccccc1. The number of rotatable bonds is 8. The van der Waals surface area contributed by atoms with Gasteiger partial charge in [0.05, 0.1) is 0 Å². The highest BCUT2D eigenvalue weighted by atomic mass is 31.1. The van der Waals surface area contributed by atoms with Crippen LogP contribution < -0.4 is 27.0 Å². The molecule has 0 aliphatic carbocycles. The molecule has 2 N–H and O–H groups in total. The van der Waals surface area contributed by atoms with Crippen LogP contribution in [0.3, 0.4) is 0 Å². The summed E-state index contributed by atoms with van der Waals surface area (Å²) in [5.74, 6) is 0. The molecule has 0 radical (unpaired) electrons. The van der Waals surface area contributed by atoms with Gasteiger partial charge in [-0.25, -0.2) is 0 Å². The Kier molecular flexibility index (Phi) is 7.69. The maximum Gasteiger partial charge on any atom is 0.0353 e. The molecule has 0 amide bonds. The Hall–Kier alpha value is -3.24. The number of hydrogen-bond acceptors (Lipinski definition) is 1. The second-order valence-corrected chi connectivity index (χ2v) is 12.9. The Balaban J connectivity index is 1.55. The molecule has 0 aromatic heterocycles. The summed E-state index contributed by atoms with van der Waals surface area (Å²) in [5.41, 5.74) is 10.3. The van der Waals surface area contributed by atoms with Crippen LogP contribution in [0.5, 0.6) is 0 Å². The number of hydrogen-bond donors (Lipinski definition) is 1. The zero-order chi connectivity index (χ0) is 23.9. The predicted molar refractivity (Wildman–Crippen MR) is 156 cm³/mol. The molecule has 0 aliphatic rings. The largest absolute Gasteiger partial charge is 0.398 e. The van der Waals surface area contributed by atoms with E-state index in [0.717, 1.165) is 18.0 Å². The zero-order valence-corrected chi connectivity index (χ0v) is 21.5. The molecule has 0 saturated carbocycles. The molecule has 0 atom stereocenters. The fourth-order valence-electron chi connectivity index (χ4n) is 4.42. The topological polar surface area (TPSA) is 26.0 Å². The maximum absolute atomic E-state index is 6.70. The van der Waals surface area contributed by atoms with Crippen molar-refractivity contribution in [1.82, 2.24) is 0 Å². The summed E-state index contributed by atoms with van der Waals surface area (Å²) in [5, 5.41) is 5.57. The molecule has 172 valence electrons. The lowest BCUT2D eigenvalue weighted by molar-refractivity contribution is 1.27. The van der Waals surface area contributed by atoms with Crippen LogP contribution in [0.15, 0.2) is 140 Å². The quantitative estimate of drug-likeness (QED) is 0.195. The lowest BCUT2D eigenvalue weighted by Crippen LogP contribution is -2.16. The summed E-state index contributed by atoms with van der Waals surface area (Å²) < 4.78 is 0. The van der Waals surface area contributed by atoms with Gasteiger partial charge in [0.1, 0.15) is 0 Å². The van der Waals surface area contributed by atoms with E-state index in [9.17, 15) is 0 Å². The van der Waals surface area contributed by atoms with Gasteiger partial charge in [-0.3, -0.25) is 0 Å². The highest BCUT2D eigenvalue weighted by Gasteiger charge is 2.21. The molecule has 0 bridgehead atoms. The van der Waals surface area contributed by atoms with Crippen LogP contribution in [-0.2, 0) is 12.3 Å². The highest BCUT2D eigenvalue weighted by molar-refractivity contribution is 7.72. The van der Waals surface area contributed by atoms with Gasteiger partial charge in [0.15, 0.2) is 0 Å². The lowest BCUT2D eigenvalue weighted by atomic mass is 10.1. The third-order valence-corrected chi connectivity index (χ3v) is 11.2. The Morgan fingerprint density at radius 3 is 1.17 bits per heavy atom. The van der Waals surface area contributed by atoms with Crippen LogP contribution in [0, 0.1) is 0 Å². The van der Waals surface area contributed by atoms with E-state index in [1.165, 1.54) is 32.3 Å². The van der Waals surface area contributed by atoms with E-state index < -0.39 is 15.8 Å². The zero-order valence-electron chi connectivity index (χ0n) is 19.7. The molecular weight excluding hydrogens is 460 g/mol. The van der Waals surface area contributed by atoms with Crippen LogP contribution in [-0.4, -0.2) is 0 Å². The Morgan fingerprint density at radius 2 is 0.771 bits per heavy atom. The summed E-state index contributed by atoms with van der Waals surface area (Å²) >= 11 is 0. The van der Waals surface area contributed by atoms with Crippen molar-refractivity contribution in [2.45, 2.75) is 12.3 Å². The molecule has 3 heteroatoms. The van der Waals surface area contributed by atoms with Gasteiger partial charge in [0.2, 0.25) is 0 Å². The average molecular weight is 490 g/mol. The molecular formula is C32H29NP2. The molecule has 35 heavy (non-hydrogen) atoms. The van der Waals surface area contributed by atoms with E-state index in [-0.39, 0.29) is 0 Å². The third-order valence-electron chi connectivity index (χ3n) is 6.23. The van der Waals surface area contributed by atoms with Crippen LogP contribution in [0.4, 0.5) is 5.69 Å². The molecule has 0 saturated heterocycles. The molecule has 5 rings (SSSR count). The normalized spacial score (nSPS) is 11.1. The van der Waals surface area contributed by atoms with Crippen molar-refractivity contribution in [3.05, 3.63) is 151 Å². The summed E-state index contributed by atoms with van der Waals surface area (Å²) in [7, 11) is -1.10. The van der Waals surface area contributed by atoms with Gasteiger partial charge >= 0.3 is 0 Å². The monoisotopic (exact) mass is 489 g/mol. The second kappa shape index (κ2) is 11.5. The Bertz CT molecular complexity index is 1260. The number of nitrogen functional groups attached to an aromatic ring is 1. The molecule has 0 aliphatic heterocycles. The van der Waals surface area contributed by atoms with E-state index in [1.807, 2.05) is 0 Å². The Labute approximate surface area is 211 Å². The molecule has 5 aromatic rings. The maximum atomic E-state index is 6.70. The van der Waals surface area contributed by atoms with E-state index >= 15 is 0 Å². The van der Waals surface area contributed by atoms with E-state index in [2.05, 4.69) is 140 Å². The van der Waals surface area contributed by atoms with Crippen molar-refractivity contribution < 1.29 is 0 Å². The summed E-state index contributed by atoms with van der Waals surface area (Å²) in [6.45, 7) is 0. The van der Waals surface area contributed by atoms with Crippen molar-refractivity contribution in [1.29, 1.82) is 0 Å². The smallest absolute Gasteiger partial charge is 0.0353 e. The number of anilines is 1. The van der Waals surface area contributed by atoms with Crippen LogP contribution in [0.2, 0.25) is 0 Å². The minimum absolute atomic E-state index is 0.538. The number of nitrogens with two attached hydrogens (primary N) is 1. The van der Waals surface area contributed by atoms with Crippen molar-refractivity contribution in [2.24, 2.45) is 0 Å². The Morgan fingerprint density at radius 1 is 0.400 bits per heavy atom. The first-order chi connectivity index (χ1) is 17.3. The molecule has 0 unspecified atom stereocenters. The molecule has 0 spiro atoms. The van der Waals surface area contributed by atoms with E-state index in [4.69, 9.17) is 5.73 Å². The van der Waals surface area contributed by atoms with Crippen molar-refractivity contribution in [3.63, 3.8) is 0 Å². The van der Waals surface area contributed by atoms with Gasteiger partial charge in [0, 0.05) is 18.0 Å². The summed E-state index contributed by atoms with van der Waals surface area (Å²) in [6, 6.07) is 50.2. The first kappa shape index (κ1) is 23.5. The fourth-order valence-corrected chi connectivity index (χ4v) is 9.21. The van der Waals surface area contributed by atoms with Gasteiger partial charge in [-0.05, 0) is 54.3 Å². The van der Waals surface area contributed by atoms with Crippen molar-refractivity contribution >= 4 is 42.7 Å². The van der Waals surface area contributed by atoms with Gasteiger partial charge in [0.25, 0.3) is 0 Å². The van der Waals surface area contributed by atoms with E-state index in [1.54, 1.807) is 0 Å². The van der Waals surface area contributed by atoms with Crippen LogP contribution in [0.25, 0.3) is 0 Å². The second-order valence-electron chi connectivity index (χ2n) is 8.50. The van der Waals surface area contributed by atoms with Gasteiger partial charge in [-0.1, -0.05) is 133 Å². The minimum Gasteiger partial charge on any atom is -0.398 e. The number of benzene rings is 5. The summed E-state index contributed by atoms with van der Waals surface area (Å²) in [4.78, 5) is 0.